The van der Waals surface area contributed by atoms with Crippen LogP contribution in [0, 0.1) is 23.7 Å². The summed E-state index contributed by atoms with van der Waals surface area (Å²) >= 11 is 0. The average molecular weight is 521 g/mol. The highest BCUT2D eigenvalue weighted by molar-refractivity contribution is 6.25. The highest BCUT2D eigenvalue weighted by atomic mass is 16.3. The Morgan fingerprint density at radius 2 is 1.10 bits per heavy atom. The Morgan fingerprint density at radius 1 is 0.615 bits per heavy atom. The predicted octanol–water partition coefficient (Wildman–Crippen LogP) is 8.86. The van der Waals surface area contributed by atoms with Gasteiger partial charge >= 0.3 is 0 Å². The predicted molar refractivity (Wildman–Crippen MR) is 168 cm³/mol. The molecule has 0 saturated carbocycles. The van der Waals surface area contributed by atoms with E-state index in [4.69, 9.17) is 0 Å². The van der Waals surface area contributed by atoms with Crippen LogP contribution in [0.3, 0.4) is 0 Å². The molecule has 0 spiro atoms. The third-order valence-corrected chi connectivity index (χ3v) is 7.66. The molecule has 2 nitrogen and oxygen atoms in total. The number of aliphatic hydroxyl groups is 2. The van der Waals surface area contributed by atoms with Gasteiger partial charge in [-0.2, -0.15) is 0 Å². The molecule has 0 aromatic heterocycles. The molecule has 0 aliphatic heterocycles. The standard InChI is InChI=1S/C37H44O2/c1-8-9-10-11-12-13-20-35(2,3)30-24-28-14-16-31-26(18-21-36(4,5)38)23-27(19-22-37(6,7)39)32-17-15-29(25-30)33(28)34(31)32/h14-17,23-25,38-39H,8-13,20H2,1-7H3. The van der Waals surface area contributed by atoms with Crippen LogP contribution in [0.2, 0.25) is 0 Å². The van der Waals surface area contributed by atoms with E-state index in [2.05, 4.69) is 80.9 Å². The molecular weight excluding hydrogens is 476 g/mol. The van der Waals surface area contributed by atoms with E-state index in [0.717, 1.165) is 27.3 Å². The molecule has 2 N–H and O–H groups in total. The fourth-order valence-corrected chi connectivity index (χ4v) is 5.45. The Bertz CT molecular complexity index is 1480. The van der Waals surface area contributed by atoms with Crippen LogP contribution in [0.4, 0.5) is 0 Å². The first-order valence-corrected chi connectivity index (χ1v) is 14.6. The number of benzene rings is 4. The van der Waals surface area contributed by atoms with Gasteiger partial charge in [0.2, 0.25) is 0 Å². The average Bonchev–Trinajstić information content (AvgIpc) is 2.86. The molecule has 0 amide bonds. The normalized spacial score (nSPS) is 12.5. The number of hydrogen-bond acceptors (Lipinski definition) is 2. The lowest BCUT2D eigenvalue weighted by Crippen LogP contribution is -2.17. The molecule has 204 valence electrons. The van der Waals surface area contributed by atoms with Crippen molar-refractivity contribution in [2.24, 2.45) is 0 Å². The summed E-state index contributed by atoms with van der Waals surface area (Å²) < 4.78 is 0. The Morgan fingerprint density at radius 3 is 1.59 bits per heavy atom. The summed E-state index contributed by atoms with van der Waals surface area (Å²) in [7, 11) is 0. The molecule has 0 aliphatic rings. The van der Waals surface area contributed by atoms with Gasteiger partial charge in [0.05, 0.1) is 0 Å². The third-order valence-electron chi connectivity index (χ3n) is 7.66. The Hall–Kier alpha value is -3.04. The highest BCUT2D eigenvalue weighted by Crippen LogP contribution is 2.41. The van der Waals surface area contributed by atoms with Crippen LogP contribution in [-0.4, -0.2) is 21.4 Å². The van der Waals surface area contributed by atoms with Crippen molar-refractivity contribution in [3.63, 3.8) is 0 Å². The van der Waals surface area contributed by atoms with Gasteiger partial charge in [-0.1, -0.05) is 119 Å². The number of rotatable bonds is 8. The van der Waals surface area contributed by atoms with Crippen LogP contribution in [0.25, 0.3) is 32.3 Å². The van der Waals surface area contributed by atoms with E-state index in [1.807, 2.05) is 6.07 Å². The second-order valence-electron chi connectivity index (χ2n) is 12.9. The second-order valence-corrected chi connectivity index (χ2v) is 12.9. The summed E-state index contributed by atoms with van der Waals surface area (Å²) in [5, 5.41) is 27.5. The van der Waals surface area contributed by atoms with Gasteiger partial charge in [0.25, 0.3) is 0 Å². The first-order valence-electron chi connectivity index (χ1n) is 14.6. The van der Waals surface area contributed by atoms with Crippen molar-refractivity contribution >= 4 is 32.3 Å². The quantitative estimate of drug-likeness (QED) is 0.138. The van der Waals surface area contributed by atoms with E-state index in [1.165, 1.54) is 66.7 Å². The second kappa shape index (κ2) is 11.2. The summed E-state index contributed by atoms with van der Waals surface area (Å²) in [6, 6.07) is 15.5. The van der Waals surface area contributed by atoms with Crippen molar-refractivity contribution in [2.75, 3.05) is 0 Å². The van der Waals surface area contributed by atoms with Crippen molar-refractivity contribution in [2.45, 2.75) is 110 Å². The smallest absolute Gasteiger partial charge is 0.120 e. The van der Waals surface area contributed by atoms with E-state index < -0.39 is 11.2 Å². The first kappa shape index (κ1) is 29.0. The molecule has 0 aliphatic carbocycles. The van der Waals surface area contributed by atoms with Crippen LogP contribution in [0.15, 0.2) is 42.5 Å². The van der Waals surface area contributed by atoms with E-state index in [-0.39, 0.29) is 5.41 Å². The van der Waals surface area contributed by atoms with E-state index in [9.17, 15) is 10.2 Å². The van der Waals surface area contributed by atoms with Gasteiger partial charge in [-0.3, -0.25) is 0 Å². The zero-order valence-corrected chi connectivity index (χ0v) is 24.9. The minimum absolute atomic E-state index is 0.0991. The van der Waals surface area contributed by atoms with Crippen molar-refractivity contribution in [1.29, 1.82) is 0 Å². The van der Waals surface area contributed by atoms with Crippen molar-refractivity contribution in [1.82, 2.24) is 0 Å². The minimum atomic E-state index is -1.10. The zero-order chi connectivity index (χ0) is 28.4. The monoisotopic (exact) mass is 520 g/mol. The van der Waals surface area contributed by atoms with E-state index >= 15 is 0 Å². The Labute approximate surface area is 235 Å². The van der Waals surface area contributed by atoms with E-state index in [1.54, 1.807) is 27.7 Å². The summed E-state index contributed by atoms with van der Waals surface area (Å²) in [4.78, 5) is 0. The molecule has 4 rings (SSSR count). The maximum atomic E-state index is 10.3. The maximum Gasteiger partial charge on any atom is 0.120 e. The van der Waals surface area contributed by atoms with Crippen LogP contribution in [0.1, 0.15) is 110 Å². The Balaban J connectivity index is 1.85. The molecule has 0 atom stereocenters. The minimum Gasteiger partial charge on any atom is -0.378 e. The van der Waals surface area contributed by atoms with Gasteiger partial charge in [-0.25, -0.2) is 0 Å². The molecule has 0 unspecified atom stereocenters. The fraction of sp³-hybridized carbons (Fsp3) is 0.459. The van der Waals surface area contributed by atoms with Crippen LogP contribution >= 0.6 is 0 Å². The largest absolute Gasteiger partial charge is 0.378 e. The maximum absolute atomic E-state index is 10.3. The van der Waals surface area contributed by atoms with Crippen molar-refractivity contribution in [3.05, 3.63) is 59.2 Å². The van der Waals surface area contributed by atoms with Gasteiger partial charge in [0.15, 0.2) is 0 Å². The van der Waals surface area contributed by atoms with Gasteiger partial charge in [0, 0.05) is 11.1 Å². The van der Waals surface area contributed by atoms with Gasteiger partial charge in [-0.15, -0.1) is 0 Å². The van der Waals surface area contributed by atoms with Gasteiger partial charge < -0.3 is 10.2 Å². The molecule has 0 fully saturated rings. The zero-order valence-electron chi connectivity index (χ0n) is 24.9. The topological polar surface area (TPSA) is 40.5 Å². The summed E-state index contributed by atoms with van der Waals surface area (Å²) in [6.45, 7) is 13.8. The van der Waals surface area contributed by atoms with Gasteiger partial charge in [-0.05, 0) is 83.5 Å². The molecule has 39 heavy (non-hydrogen) atoms. The van der Waals surface area contributed by atoms with Crippen LogP contribution in [-0.2, 0) is 5.41 Å². The molecule has 0 saturated heterocycles. The van der Waals surface area contributed by atoms with Gasteiger partial charge in [0.1, 0.15) is 11.2 Å². The van der Waals surface area contributed by atoms with Crippen LogP contribution in [0.5, 0.6) is 0 Å². The third kappa shape index (κ3) is 6.94. The Kier molecular flexibility index (Phi) is 8.33. The number of unbranched alkanes of at least 4 members (excludes halogenated alkanes) is 5. The van der Waals surface area contributed by atoms with Crippen molar-refractivity contribution in [3.8, 4) is 23.7 Å². The molecule has 4 aromatic rings. The lowest BCUT2D eigenvalue weighted by Gasteiger charge is -2.27. The molecule has 0 heterocycles. The highest BCUT2D eigenvalue weighted by Gasteiger charge is 2.23. The van der Waals surface area contributed by atoms with Crippen LogP contribution < -0.4 is 0 Å². The lowest BCUT2D eigenvalue weighted by molar-refractivity contribution is 0.143. The summed E-state index contributed by atoms with van der Waals surface area (Å²) in [5.41, 5.74) is 0.963. The molecular formula is C37H44O2. The summed E-state index contributed by atoms with van der Waals surface area (Å²) in [6.07, 6.45) is 9.06. The van der Waals surface area contributed by atoms with Crippen molar-refractivity contribution < 1.29 is 10.2 Å². The number of hydrogen-bond donors (Lipinski definition) is 2. The van der Waals surface area contributed by atoms with E-state index in [0.29, 0.717) is 0 Å². The molecule has 4 aromatic carbocycles. The fourth-order valence-electron chi connectivity index (χ4n) is 5.45. The molecule has 2 heteroatoms. The molecule has 0 bridgehead atoms. The lowest BCUT2D eigenvalue weighted by atomic mass is 9.78. The molecule has 0 radical (unpaired) electrons. The first-order chi connectivity index (χ1) is 18.3. The SMILES string of the molecule is CCCCCCCCC(C)(C)c1cc2ccc3c(C#CC(C)(C)O)cc(C#CC(C)(C)O)c4ccc(c1)c2c34. The summed E-state index contributed by atoms with van der Waals surface area (Å²) in [5.74, 6) is 12.4.